The minimum absolute atomic E-state index is 0.134. The zero-order valence-corrected chi connectivity index (χ0v) is 16.5. The molecule has 0 aromatic heterocycles. The molecule has 28 heavy (non-hydrogen) atoms. The van der Waals surface area contributed by atoms with Gasteiger partial charge in [0.25, 0.3) is 5.91 Å². The zero-order valence-electron chi connectivity index (χ0n) is 16.5. The summed E-state index contributed by atoms with van der Waals surface area (Å²) in [6.45, 7) is 8.39. The van der Waals surface area contributed by atoms with Crippen LogP contribution in [0.5, 0.6) is 17.2 Å². The van der Waals surface area contributed by atoms with Crippen LogP contribution in [0.4, 0.5) is 5.69 Å². The summed E-state index contributed by atoms with van der Waals surface area (Å²) in [7, 11) is 0. The second-order valence-corrected chi connectivity index (χ2v) is 5.84. The minimum Gasteiger partial charge on any atom is -0.490 e. The van der Waals surface area contributed by atoms with Crippen molar-refractivity contribution in [2.75, 3.05) is 25.1 Å². The monoisotopic (exact) mass is 387 g/mol. The van der Waals surface area contributed by atoms with Gasteiger partial charge in [-0.25, -0.2) is 4.79 Å². The number of ether oxygens (including phenoxy) is 3. The Labute approximate surface area is 164 Å². The molecule has 150 valence electrons. The Hall–Kier alpha value is -3.22. The first kappa shape index (κ1) is 21.1. The van der Waals surface area contributed by atoms with Crippen LogP contribution in [0.25, 0.3) is 0 Å². The van der Waals surface area contributed by atoms with E-state index in [2.05, 4.69) is 5.32 Å². The van der Waals surface area contributed by atoms with Crippen molar-refractivity contribution < 1.29 is 28.9 Å². The first-order valence-corrected chi connectivity index (χ1v) is 9.13. The van der Waals surface area contributed by atoms with Crippen molar-refractivity contribution in [1.29, 1.82) is 0 Å². The molecular formula is C21H25NO6. The van der Waals surface area contributed by atoms with Gasteiger partial charge in [-0.1, -0.05) is 6.07 Å². The summed E-state index contributed by atoms with van der Waals surface area (Å²) in [5.41, 5.74) is 1.35. The lowest BCUT2D eigenvalue weighted by atomic mass is 10.1. The fourth-order valence-corrected chi connectivity index (χ4v) is 2.72. The SMILES string of the molecule is CCOc1cc(C(=O)Nc2cccc(C(=O)O)c2C)cc(OCC)c1OCC. The summed E-state index contributed by atoms with van der Waals surface area (Å²) < 4.78 is 16.9. The van der Waals surface area contributed by atoms with Gasteiger partial charge in [0.1, 0.15) is 0 Å². The second kappa shape index (κ2) is 9.64. The van der Waals surface area contributed by atoms with E-state index in [0.29, 0.717) is 53.9 Å². The predicted octanol–water partition coefficient (Wildman–Crippen LogP) is 4.14. The maximum absolute atomic E-state index is 12.8. The Balaban J connectivity index is 2.42. The highest BCUT2D eigenvalue weighted by molar-refractivity contribution is 6.06. The predicted molar refractivity (Wildman–Crippen MR) is 106 cm³/mol. The molecule has 0 atom stereocenters. The third-order valence-corrected chi connectivity index (χ3v) is 3.98. The lowest BCUT2D eigenvalue weighted by Crippen LogP contribution is -2.15. The normalized spacial score (nSPS) is 10.3. The summed E-state index contributed by atoms with van der Waals surface area (Å²) in [5.74, 6) is -0.178. The van der Waals surface area contributed by atoms with Crippen LogP contribution >= 0.6 is 0 Å². The Morgan fingerprint density at radius 1 is 0.964 bits per heavy atom. The van der Waals surface area contributed by atoms with E-state index in [9.17, 15) is 14.7 Å². The molecule has 0 saturated carbocycles. The average molecular weight is 387 g/mol. The highest BCUT2D eigenvalue weighted by Crippen LogP contribution is 2.39. The molecule has 7 nitrogen and oxygen atoms in total. The summed E-state index contributed by atoms with van der Waals surface area (Å²) in [4.78, 5) is 24.1. The summed E-state index contributed by atoms with van der Waals surface area (Å²) in [5, 5.41) is 12.0. The van der Waals surface area contributed by atoms with Crippen molar-refractivity contribution in [3.8, 4) is 17.2 Å². The number of amides is 1. The number of carbonyl (C=O) groups is 2. The molecule has 0 aliphatic carbocycles. The molecule has 2 rings (SSSR count). The van der Waals surface area contributed by atoms with Crippen LogP contribution in [-0.4, -0.2) is 36.8 Å². The summed E-state index contributed by atoms with van der Waals surface area (Å²) in [6.07, 6.45) is 0. The number of carboxylic acid groups (broad SMARTS) is 1. The van der Waals surface area contributed by atoms with Crippen molar-refractivity contribution in [2.45, 2.75) is 27.7 Å². The molecule has 2 N–H and O–H groups in total. The first-order chi connectivity index (χ1) is 13.4. The highest BCUT2D eigenvalue weighted by atomic mass is 16.5. The lowest BCUT2D eigenvalue weighted by Gasteiger charge is -2.17. The molecule has 2 aromatic carbocycles. The maximum Gasteiger partial charge on any atom is 0.336 e. The van der Waals surface area contributed by atoms with Gasteiger partial charge in [-0.2, -0.15) is 0 Å². The van der Waals surface area contributed by atoms with Gasteiger partial charge in [0.15, 0.2) is 11.5 Å². The van der Waals surface area contributed by atoms with Gasteiger partial charge in [-0.3, -0.25) is 4.79 Å². The smallest absolute Gasteiger partial charge is 0.336 e. The van der Waals surface area contributed by atoms with Gasteiger partial charge in [0, 0.05) is 11.3 Å². The highest BCUT2D eigenvalue weighted by Gasteiger charge is 2.19. The van der Waals surface area contributed by atoms with Crippen LogP contribution in [0.15, 0.2) is 30.3 Å². The Bertz CT molecular complexity index is 835. The van der Waals surface area contributed by atoms with Crippen LogP contribution < -0.4 is 19.5 Å². The molecule has 1 amide bonds. The van der Waals surface area contributed by atoms with Gasteiger partial charge in [-0.05, 0) is 57.5 Å². The van der Waals surface area contributed by atoms with Gasteiger partial charge in [0.2, 0.25) is 5.75 Å². The molecule has 0 fully saturated rings. The van der Waals surface area contributed by atoms with Crippen LogP contribution in [-0.2, 0) is 0 Å². The molecule has 0 heterocycles. The molecule has 0 saturated heterocycles. The number of hydrogen-bond donors (Lipinski definition) is 2. The van der Waals surface area contributed by atoms with Gasteiger partial charge in [0.05, 0.1) is 25.4 Å². The second-order valence-electron chi connectivity index (χ2n) is 5.84. The van der Waals surface area contributed by atoms with E-state index in [4.69, 9.17) is 14.2 Å². The maximum atomic E-state index is 12.8. The molecule has 0 aliphatic rings. The third kappa shape index (κ3) is 4.73. The van der Waals surface area contributed by atoms with Gasteiger partial charge >= 0.3 is 5.97 Å². The minimum atomic E-state index is -1.05. The summed E-state index contributed by atoms with van der Waals surface area (Å²) >= 11 is 0. The Kier molecular flexibility index (Phi) is 7.26. The van der Waals surface area contributed by atoms with E-state index in [0.717, 1.165) is 0 Å². The van der Waals surface area contributed by atoms with E-state index in [1.807, 2.05) is 20.8 Å². The number of aromatic carboxylic acids is 1. The van der Waals surface area contributed by atoms with E-state index in [1.54, 1.807) is 31.2 Å². The van der Waals surface area contributed by atoms with Gasteiger partial charge < -0.3 is 24.6 Å². The first-order valence-electron chi connectivity index (χ1n) is 9.13. The van der Waals surface area contributed by atoms with Crippen LogP contribution in [0.3, 0.4) is 0 Å². The van der Waals surface area contributed by atoms with Crippen molar-refractivity contribution in [3.05, 3.63) is 47.0 Å². The van der Waals surface area contributed by atoms with Crippen LogP contribution in [0.1, 0.15) is 47.1 Å². The van der Waals surface area contributed by atoms with Gasteiger partial charge in [-0.15, -0.1) is 0 Å². The number of nitrogens with one attached hydrogen (secondary N) is 1. The molecule has 7 heteroatoms. The topological polar surface area (TPSA) is 94.1 Å². The van der Waals surface area contributed by atoms with E-state index >= 15 is 0 Å². The van der Waals surface area contributed by atoms with E-state index < -0.39 is 11.9 Å². The molecular weight excluding hydrogens is 362 g/mol. The molecule has 0 spiro atoms. The third-order valence-electron chi connectivity index (χ3n) is 3.98. The van der Waals surface area contributed by atoms with Crippen molar-refractivity contribution in [3.63, 3.8) is 0 Å². The van der Waals surface area contributed by atoms with Crippen LogP contribution in [0.2, 0.25) is 0 Å². The van der Waals surface area contributed by atoms with Crippen molar-refractivity contribution >= 4 is 17.6 Å². The Morgan fingerprint density at radius 2 is 1.54 bits per heavy atom. The fourth-order valence-electron chi connectivity index (χ4n) is 2.72. The largest absolute Gasteiger partial charge is 0.490 e. The molecule has 0 unspecified atom stereocenters. The lowest BCUT2D eigenvalue weighted by molar-refractivity contribution is 0.0695. The standard InChI is InChI=1S/C21H25NO6/c1-5-26-17-11-14(12-18(27-6-2)19(17)28-7-3)20(23)22-16-10-8-9-15(13(16)4)21(24)25/h8-12H,5-7H2,1-4H3,(H,22,23)(H,24,25). The quantitative estimate of drug-likeness (QED) is 0.671. The average Bonchev–Trinajstić information content (AvgIpc) is 2.65. The Morgan fingerprint density at radius 3 is 2.04 bits per heavy atom. The number of anilines is 1. The van der Waals surface area contributed by atoms with Crippen molar-refractivity contribution in [2.24, 2.45) is 0 Å². The number of hydrogen-bond acceptors (Lipinski definition) is 5. The molecule has 0 aliphatic heterocycles. The fraction of sp³-hybridized carbons (Fsp3) is 0.333. The molecule has 0 bridgehead atoms. The summed E-state index contributed by atoms with van der Waals surface area (Å²) in [6, 6.07) is 7.90. The van der Waals surface area contributed by atoms with E-state index in [-0.39, 0.29) is 5.56 Å². The number of benzene rings is 2. The van der Waals surface area contributed by atoms with Crippen molar-refractivity contribution in [1.82, 2.24) is 0 Å². The number of rotatable bonds is 9. The number of carbonyl (C=O) groups excluding carboxylic acids is 1. The van der Waals surface area contributed by atoms with E-state index in [1.165, 1.54) is 6.07 Å². The molecule has 2 aromatic rings. The molecule has 0 radical (unpaired) electrons. The van der Waals surface area contributed by atoms with Crippen LogP contribution in [0, 0.1) is 6.92 Å². The number of carboxylic acids is 1. The zero-order chi connectivity index (χ0) is 20.7.